The van der Waals surface area contributed by atoms with Crippen molar-refractivity contribution in [3.63, 3.8) is 0 Å². The fourth-order valence-corrected chi connectivity index (χ4v) is 3.21. The van der Waals surface area contributed by atoms with Crippen LogP contribution in [0.2, 0.25) is 0 Å². The summed E-state index contributed by atoms with van der Waals surface area (Å²) in [7, 11) is 0. The van der Waals surface area contributed by atoms with Crippen molar-refractivity contribution in [2.75, 3.05) is 18.5 Å². The van der Waals surface area contributed by atoms with Crippen molar-refractivity contribution < 1.29 is 9.53 Å². The zero-order chi connectivity index (χ0) is 20.3. The number of thiocarbonyl (C=S) groups is 1. The van der Waals surface area contributed by atoms with Crippen molar-refractivity contribution in [2.24, 2.45) is 0 Å². The highest BCUT2D eigenvalue weighted by Crippen LogP contribution is 2.26. The SMILES string of the molecule is CCNC(=S)Nc1c(C(=O)OCC)cnn1-c1cc(C)c2cccc(C)c2n1. The first-order chi connectivity index (χ1) is 13.5. The molecule has 0 atom stereocenters. The summed E-state index contributed by atoms with van der Waals surface area (Å²) in [6.45, 7) is 8.67. The van der Waals surface area contributed by atoms with Crippen molar-refractivity contribution in [1.82, 2.24) is 20.1 Å². The number of aromatic nitrogens is 3. The van der Waals surface area contributed by atoms with Crippen LogP contribution >= 0.6 is 12.2 Å². The lowest BCUT2D eigenvalue weighted by molar-refractivity contribution is 0.0527. The summed E-state index contributed by atoms with van der Waals surface area (Å²) in [6, 6.07) is 8.01. The first-order valence-electron chi connectivity index (χ1n) is 9.13. The average molecular weight is 398 g/mol. The molecule has 0 unspecified atom stereocenters. The van der Waals surface area contributed by atoms with Crippen LogP contribution in [0.5, 0.6) is 0 Å². The normalized spacial score (nSPS) is 10.7. The van der Waals surface area contributed by atoms with Crippen LogP contribution in [-0.2, 0) is 4.74 Å². The smallest absolute Gasteiger partial charge is 0.343 e. The summed E-state index contributed by atoms with van der Waals surface area (Å²) < 4.78 is 6.73. The Morgan fingerprint density at radius 3 is 2.75 bits per heavy atom. The van der Waals surface area contributed by atoms with Gasteiger partial charge in [-0.05, 0) is 57.1 Å². The van der Waals surface area contributed by atoms with Gasteiger partial charge in [0.05, 0.1) is 18.3 Å². The minimum absolute atomic E-state index is 0.271. The van der Waals surface area contributed by atoms with Crippen LogP contribution in [0, 0.1) is 13.8 Å². The van der Waals surface area contributed by atoms with E-state index in [-0.39, 0.29) is 6.61 Å². The Bertz CT molecular complexity index is 1040. The molecule has 2 aromatic heterocycles. The first kappa shape index (κ1) is 19.8. The molecule has 0 fully saturated rings. The summed E-state index contributed by atoms with van der Waals surface area (Å²) in [6.07, 6.45) is 1.47. The maximum atomic E-state index is 12.4. The number of aryl methyl sites for hydroxylation is 2. The van der Waals surface area contributed by atoms with Gasteiger partial charge in [0, 0.05) is 11.9 Å². The fourth-order valence-electron chi connectivity index (χ4n) is 2.97. The van der Waals surface area contributed by atoms with E-state index in [1.165, 1.54) is 6.20 Å². The molecule has 0 bridgehead atoms. The summed E-state index contributed by atoms with van der Waals surface area (Å²) >= 11 is 5.31. The molecule has 2 heterocycles. The van der Waals surface area contributed by atoms with Gasteiger partial charge in [-0.1, -0.05) is 18.2 Å². The third kappa shape index (κ3) is 3.82. The highest BCUT2D eigenvalue weighted by Gasteiger charge is 2.21. The number of hydrogen-bond acceptors (Lipinski definition) is 5. The maximum Gasteiger partial charge on any atom is 0.343 e. The van der Waals surface area contributed by atoms with Crippen molar-refractivity contribution >= 4 is 40.0 Å². The van der Waals surface area contributed by atoms with Gasteiger partial charge in [0.25, 0.3) is 0 Å². The Morgan fingerprint density at radius 1 is 1.25 bits per heavy atom. The van der Waals surface area contributed by atoms with E-state index in [1.807, 2.05) is 45.0 Å². The molecule has 0 aliphatic rings. The van der Waals surface area contributed by atoms with Gasteiger partial charge in [0.1, 0.15) is 5.56 Å². The number of carbonyl (C=O) groups is 1. The summed E-state index contributed by atoms with van der Waals surface area (Å²) in [4.78, 5) is 17.2. The van der Waals surface area contributed by atoms with E-state index >= 15 is 0 Å². The Kier molecular flexibility index (Phi) is 5.89. The minimum Gasteiger partial charge on any atom is -0.462 e. The summed E-state index contributed by atoms with van der Waals surface area (Å²) in [5, 5.41) is 11.9. The summed E-state index contributed by atoms with van der Waals surface area (Å²) in [5.74, 6) is 0.546. The number of carbonyl (C=O) groups excluding carboxylic acids is 1. The van der Waals surface area contributed by atoms with Crippen LogP contribution < -0.4 is 10.6 Å². The van der Waals surface area contributed by atoms with Gasteiger partial charge in [-0.15, -0.1) is 0 Å². The number of hydrogen-bond donors (Lipinski definition) is 2. The van der Waals surface area contributed by atoms with E-state index in [0.29, 0.717) is 28.9 Å². The zero-order valence-electron chi connectivity index (χ0n) is 16.4. The molecule has 0 saturated heterocycles. The van der Waals surface area contributed by atoms with E-state index in [0.717, 1.165) is 22.0 Å². The average Bonchev–Trinajstić information content (AvgIpc) is 3.06. The van der Waals surface area contributed by atoms with Gasteiger partial charge in [-0.2, -0.15) is 9.78 Å². The number of esters is 1. The van der Waals surface area contributed by atoms with Crippen LogP contribution in [-0.4, -0.2) is 39.0 Å². The first-order valence-corrected chi connectivity index (χ1v) is 9.54. The lowest BCUT2D eigenvalue weighted by atomic mass is 10.1. The molecule has 28 heavy (non-hydrogen) atoms. The molecule has 7 nitrogen and oxygen atoms in total. The lowest BCUT2D eigenvalue weighted by Gasteiger charge is -2.14. The molecule has 1 aromatic carbocycles. The fraction of sp³-hybridized carbons (Fsp3) is 0.300. The van der Waals surface area contributed by atoms with Crippen molar-refractivity contribution in [2.45, 2.75) is 27.7 Å². The zero-order valence-corrected chi connectivity index (χ0v) is 17.2. The number of fused-ring (bicyclic) bond motifs is 1. The molecule has 0 amide bonds. The monoisotopic (exact) mass is 397 g/mol. The molecule has 3 aromatic rings. The number of pyridine rings is 1. The number of rotatable bonds is 5. The van der Waals surface area contributed by atoms with Crippen molar-refractivity contribution in [3.8, 4) is 5.82 Å². The third-order valence-electron chi connectivity index (χ3n) is 4.29. The predicted octanol–water partition coefficient (Wildman–Crippen LogP) is 3.52. The van der Waals surface area contributed by atoms with Crippen LogP contribution in [0.3, 0.4) is 0 Å². The maximum absolute atomic E-state index is 12.4. The highest BCUT2D eigenvalue weighted by molar-refractivity contribution is 7.80. The molecule has 8 heteroatoms. The largest absolute Gasteiger partial charge is 0.462 e. The number of ether oxygens (including phenoxy) is 1. The number of benzene rings is 1. The molecule has 0 radical (unpaired) electrons. The topological polar surface area (TPSA) is 81.1 Å². The highest BCUT2D eigenvalue weighted by atomic mass is 32.1. The van der Waals surface area contributed by atoms with Crippen molar-refractivity contribution in [1.29, 1.82) is 0 Å². The molecular formula is C20H23N5O2S. The van der Waals surface area contributed by atoms with Gasteiger partial charge < -0.3 is 15.4 Å². The second-order valence-corrected chi connectivity index (χ2v) is 6.70. The van der Waals surface area contributed by atoms with Gasteiger partial charge in [0.2, 0.25) is 0 Å². The predicted molar refractivity (Wildman–Crippen MR) is 114 cm³/mol. The molecule has 2 N–H and O–H groups in total. The molecule has 0 aliphatic heterocycles. The third-order valence-corrected chi connectivity index (χ3v) is 4.53. The van der Waals surface area contributed by atoms with Gasteiger partial charge in [-0.3, -0.25) is 0 Å². The molecule has 3 rings (SSSR count). The summed E-state index contributed by atoms with van der Waals surface area (Å²) in [5.41, 5.74) is 3.33. The van der Waals surface area contributed by atoms with Crippen LogP contribution in [0.1, 0.15) is 35.3 Å². The Morgan fingerprint density at radius 2 is 2.04 bits per heavy atom. The van der Waals surface area contributed by atoms with E-state index in [9.17, 15) is 4.79 Å². The lowest BCUT2D eigenvalue weighted by Crippen LogP contribution is -2.29. The van der Waals surface area contributed by atoms with E-state index < -0.39 is 5.97 Å². The Labute approximate surface area is 169 Å². The number of nitrogens with zero attached hydrogens (tertiary/aromatic N) is 3. The molecule has 0 spiro atoms. The second kappa shape index (κ2) is 8.35. The Hall–Kier alpha value is -3.00. The molecular weight excluding hydrogens is 374 g/mol. The van der Waals surface area contributed by atoms with Crippen LogP contribution in [0.25, 0.3) is 16.7 Å². The van der Waals surface area contributed by atoms with Crippen molar-refractivity contribution in [3.05, 3.63) is 47.2 Å². The quantitative estimate of drug-likeness (QED) is 0.503. The van der Waals surface area contributed by atoms with E-state index in [1.54, 1.807) is 11.6 Å². The molecule has 0 aliphatic carbocycles. The number of para-hydroxylation sites is 1. The van der Waals surface area contributed by atoms with Crippen LogP contribution in [0.4, 0.5) is 5.82 Å². The van der Waals surface area contributed by atoms with E-state index in [4.69, 9.17) is 21.9 Å². The number of nitrogens with one attached hydrogen (secondary N) is 2. The minimum atomic E-state index is -0.468. The van der Waals surface area contributed by atoms with Gasteiger partial charge in [0.15, 0.2) is 16.7 Å². The second-order valence-electron chi connectivity index (χ2n) is 6.29. The standard InChI is InChI=1S/C20H23N5O2S/c1-5-21-20(28)24-18-15(19(26)27-6-2)11-22-25(18)16-10-13(4)14-9-7-8-12(3)17(14)23-16/h7-11H,5-6H2,1-4H3,(H2,21,24,28). The van der Waals surface area contributed by atoms with Gasteiger partial charge in [-0.25, -0.2) is 9.78 Å². The number of anilines is 1. The van der Waals surface area contributed by atoms with E-state index in [2.05, 4.69) is 15.7 Å². The van der Waals surface area contributed by atoms with Gasteiger partial charge >= 0.3 is 5.97 Å². The Balaban J connectivity index is 2.15. The molecule has 146 valence electrons. The molecule has 0 saturated carbocycles. The van der Waals surface area contributed by atoms with Crippen LogP contribution in [0.15, 0.2) is 30.5 Å².